The molecule has 0 amide bonds. The Hall–Kier alpha value is -2.42. The molecule has 0 aliphatic rings. The minimum atomic E-state index is -0.809. The average Bonchev–Trinajstić information content (AvgIpc) is 2.47. The van der Waals surface area contributed by atoms with Gasteiger partial charge in [-0.2, -0.15) is 0 Å². The summed E-state index contributed by atoms with van der Waals surface area (Å²) in [6.07, 6.45) is 0. The maximum atomic E-state index is 11.8. The first-order valence-electron chi connectivity index (χ1n) is 6.51. The van der Waals surface area contributed by atoms with E-state index in [1.807, 2.05) is 43.3 Å². The Kier molecular flexibility index (Phi) is 4.31. The Morgan fingerprint density at radius 3 is 2.25 bits per heavy atom. The van der Waals surface area contributed by atoms with Crippen molar-refractivity contribution >= 4 is 11.8 Å². The second kappa shape index (κ2) is 6.15. The summed E-state index contributed by atoms with van der Waals surface area (Å²) in [5.74, 6) is -1.42. The van der Waals surface area contributed by atoms with Crippen LogP contribution in [0.2, 0.25) is 0 Å². The monoisotopic (exact) mass is 268 g/mol. The van der Waals surface area contributed by atoms with Crippen molar-refractivity contribution < 1.29 is 14.3 Å². The molecule has 3 heteroatoms. The quantitative estimate of drug-likeness (QED) is 0.485. The second-order valence-electron chi connectivity index (χ2n) is 4.44. The van der Waals surface area contributed by atoms with E-state index in [4.69, 9.17) is 4.74 Å². The molecule has 0 atom stereocenters. The number of carbonyl (C=O) groups is 2. The highest BCUT2D eigenvalue weighted by molar-refractivity contribution is 6.40. The van der Waals surface area contributed by atoms with Crippen LogP contribution in [0.3, 0.4) is 0 Å². The van der Waals surface area contributed by atoms with Gasteiger partial charge in [-0.15, -0.1) is 0 Å². The minimum Gasteiger partial charge on any atom is -0.460 e. The number of carbonyl (C=O) groups excluding carboxylic acids is 2. The SMILES string of the molecule is CCOC(=O)C(=O)c1ccc(-c2ccccc2C)cc1. The van der Waals surface area contributed by atoms with Gasteiger partial charge in [0.05, 0.1) is 6.61 Å². The fraction of sp³-hybridized carbons (Fsp3) is 0.176. The van der Waals surface area contributed by atoms with E-state index >= 15 is 0 Å². The summed E-state index contributed by atoms with van der Waals surface area (Å²) in [4.78, 5) is 23.2. The average molecular weight is 268 g/mol. The minimum absolute atomic E-state index is 0.200. The molecule has 102 valence electrons. The number of ketones is 1. The molecule has 0 fully saturated rings. The van der Waals surface area contributed by atoms with Crippen LogP contribution in [0.15, 0.2) is 48.5 Å². The van der Waals surface area contributed by atoms with Crippen molar-refractivity contribution in [3.05, 3.63) is 59.7 Å². The van der Waals surface area contributed by atoms with E-state index in [0.29, 0.717) is 5.56 Å². The largest absolute Gasteiger partial charge is 0.460 e. The van der Waals surface area contributed by atoms with E-state index in [0.717, 1.165) is 16.7 Å². The van der Waals surface area contributed by atoms with E-state index in [-0.39, 0.29) is 6.61 Å². The summed E-state index contributed by atoms with van der Waals surface area (Å²) >= 11 is 0. The lowest BCUT2D eigenvalue weighted by atomic mass is 9.99. The molecule has 0 radical (unpaired) electrons. The van der Waals surface area contributed by atoms with Gasteiger partial charge in [-0.1, -0.05) is 48.5 Å². The lowest BCUT2D eigenvalue weighted by molar-refractivity contribution is -0.137. The highest BCUT2D eigenvalue weighted by Gasteiger charge is 2.17. The maximum Gasteiger partial charge on any atom is 0.379 e. The normalized spacial score (nSPS) is 10.1. The molecule has 3 nitrogen and oxygen atoms in total. The third-order valence-electron chi connectivity index (χ3n) is 3.06. The highest BCUT2D eigenvalue weighted by atomic mass is 16.5. The van der Waals surface area contributed by atoms with Crippen LogP contribution in [0.5, 0.6) is 0 Å². The summed E-state index contributed by atoms with van der Waals surface area (Å²) in [7, 11) is 0. The molecule has 0 spiro atoms. The van der Waals surface area contributed by atoms with Gasteiger partial charge in [0, 0.05) is 5.56 Å². The van der Waals surface area contributed by atoms with Gasteiger partial charge in [0.1, 0.15) is 0 Å². The predicted molar refractivity (Wildman–Crippen MR) is 77.6 cm³/mol. The zero-order valence-electron chi connectivity index (χ0n) is 11.6. The molecule has 2 rings (SSSR count). The van der Waals surface area contributed by atoms with Crippen molar-refractivity contribution in [2.75, 3.05) is 6.61 Å². The molecule has 0 saturated heterocycles. The number of ether oxygens (including phenoxy) is 1. The van der Waals surface area contributed by atoms with Crippen molar-refractivity contribution in [1.29, 1.82) is 0 Å². The molecule has 0 unspecified atom stereocenters. The number of hydrogen-bond acceptors (Lipinski definition) is 3. The first kappa shape index (κ1) is 14.0. The zero-order chi connectivity index (χ0) is 14.5. The van der Waals surface area contributed by atoms with E-state index in [2.05, 4.69) is 0 Å². The van der Waals surface area contributed by atoms with Crippen LogP contribution in [-0.2, 0) is 9.53 Å². The summed E-state index contributed by atoms with van der Waals surface area (Å²) in [5.41, 5.74) is 3.64. The zero-order valence-corrected chi connectivity index (χ0v) is 11.6. The predicted octanol–water partition coefficient (Wildman–Crippen LogP) is 3.41. The second-order valence-corrected chi connectivity index (χ2v) is 4.44. The number of aryl methyl sites for hydroxylation is 1. The third kappa shape index (κ3) is 2.94. The van der Waals surface area contributed by atoms with Gasteiger partial charge in [-0.3, -0.25) is 4.79 Å². The van der Waals surface area contributed by atoms with Crippen LogP contribution in [0.4, 0.5) is 0 Å². The van der Waals surface area contributed by atoms with Crippen molar-refractivity contribution in [1.82, 2.24) is 0 Å². The molecule has 2 aromatic rings. The molecule has 20 heavy (non-hydrogen) atoms. The topological polar surface area (TPSA) is 43.4 Å². The molecule has 0 aliphatic heterocycles. The van der Waals surface area contributed by atoms with E-state index < -0.39 is 11.8 Å². The molecule has 0 heterocycles. The van der Waals surface area contributed by atoms with Gasteiger partial charge >= 0.3 is 5.97 Å². The Morgan fingerprint density at radius 1 is 1.00 bits per heavy atom. The maximum absolute atomic E-state index is 11.8. The van der Waals surface area contributed by atoms with E-state index in [9.17, 15) is 9.59 Å². The van der Waals surface area contributed by atoms with Gasteiger partial charge in [-0.05, 0) is 30.5 Å². The van der Waals surface area contributed by atoms with Crippen molar-refractivity contribution in [2.24, 2.45) is 0 Å². The van der Waals surface area contributed by atoms with Crippen LogP contribution in [0.25, 0.3) is 11.1 Å². The lowest BCUT2D eigenvalue weighted by Gasteiger charge is -2.06. The number of rotatable bonds is 4. The summed E-state index contributed by atoms with van der Waals surface area (Å²) in [5, 5.41) is 0. The molecular formula is C17H16O3. The Balaban J connectivity index is 2.25. The van der Waals surface area contributed by atoms with Crippen LogP contribution >= 0.6 is 0 Å². The Labute approximate surface area is 118 Å². The van der Waals surface area contributed by atoms with Gasteiger partial charge in [0.15, 0.2) is 0 Å². The molecular weight excluding hydrogens is 252 g/mol. The molecule has 0 aromatic heterocycles. The van der Waals surface area contributed by atoms with Crippen molar-refractivity contribution in [3.63, 3.8) is 0 Å². The van der Waals surface area contributed by atoms with Crippen LogP contribution in [-0.4, -0.2) is 18.4 Å². The fourth-order valence-corrected chi connectivity index (χ4v) is 2.01. The van der Waals surface area contributed by atoms with Gasteiger partial charge in [0.2, 0.25) is 0 Å². The first-order valence-corrected chi connectivity index (χ1v) is 6.51. The Morgan fingerprint density at radius 2 is 1.65 bits per heavy atom. The first-order chi connectivity index (χ1) is 9.63. The Bertz CT molecular complexity index is 627. The van der Waals surface area contributed by atoms with Crippen LogP contribution in [0.1, 0.15) is 22.8 Å². The molecule has 0 aliphatic carbocycles. The van der Waals surface area contributed by atoms with Gasteiger partial charge in [-0.25, -0.2) is 4.79 Å². The van der Waals surface area contributed by atoms with Crippen LogP contribution in [0, 0.1) is 6.92 Å². The van der Waals surface area contributed by atoms with Crippen LogP contribution < -0.4 is 0 Å². The summed E-state index contributed by atoms with van der Waals surface area (Å²) in [6, 6.07) is 15.0. The molecule has 0 saturated carbocycles. The van der Waals surface area contributed by atoms with E-state index in [1.165, 1.54) is 0 Å². The van der Waals surface area contributed by atoms with Crippen molar-refractivity contribution in [3.8, 4) is 11.1 Å². The lowest BCUT2D eigenvalue weighted by Crippen LogP contribution is -2.17. The molecule has 2 aromatic carbocycles. The van der Waals surface area contributed by atoms with Gasteiger partial charge in [0.25, 0.3) is 5.78 Å². The van der Waals surface area contributed by atoms with Gasteiger partial charge < -0.3 is 4.74 Å². The molecule has 0 bridgehead atoms. The smallest absolute Gasteiger partial charge is 0.379 e. The number of hydrogen-bond donors (Lipinski definition) is 0. The summed E-state index contributed by atoms with van der Waals surface area (Å²) < 4.78 is 4.70. The number of esters is 1. The third-order valence-corrected chi connectivity index (χ3v) is 3.06. The number of Topliss-reactive ketones (excluding diaryl/α,β-unsaturated/α-hetero) is 1. The fourth-order valence-electron chi connectivity index (χ4n) is 2.01. The molecule has 0 N–H and O–H groups in total. The summed E-state index contributed by atoms with van der Waals surface area (Å²) in [6.45, 7) is 3.91. The van der Waals surface area contributed by atoms with E-state index in [1.54, 1.807) is 19.1 Å². The number of benzene rings is 2. The van der Waals surface area contributed by atoms with Crippen molar-refractivity contribution in [2.45, 2.75) is 13.8 Å². The standard InChI is InChI=1S/C17H16O3/c1-3-20-17(19)16(18)14-10-8-13(9-11-14)15-7-5-4-6-12(15)2/h4-11H,3H2,1-2H3. The highest BCUT2D eigenvalue weighted by Crippen LogP contribution is 2.23.